The molecule has 1 fully saturated rings. The van der Waals surface area contributed by atoms with Crippen LogP contribution in [0, 0.1) is 0 Å². The summed E-state index contributed by atoms with van der Waals surface area (Å²) in [6.45, 7) is 0.792. The number of carbonyl (C=O) groups is 1. The second-order valence-electron chi connectivity index (χ2n) is 3.48. The van der Waals surface area contributed by atoms with Gasteiger partial charge < -0.3 is 4.74 Å². The van der Waals surface area contributed by atoms with Crippen molar-refractivity contribution in [3.05, 3.63) is 30.1 Å². The normalized spacial score (nSPS) is 21.0. The highest BCUT2D eigenvalue weighted by atomic mass is 16.5. The molecule has 2 rings (SSSR count). The first-order valence-corrected chi connectivity index (χ1v) is 4.92. The van der Waals surface area contributed by atoms with Gasteiger partial charge in [-0.1, -0.05) is 6.07 Å². The Kier molecular flexibility index (Phi) is 2.89. The molecule has 1 unspecified atom stereocenters. The molecule has 0 saturated carbocycles. The van der Waals surface area contributed by atoms with E-state index in [1.54, 1.807) is 12.3 Å². The summed E-state index contributed by atoms with van der Waals surface area (Å²) in [5, 5.41) is 0. The summed E-state index contributed by atoms with van der Waals surface area (Å²) in [6, 6.07) is 5.38. The molecule has 3 heteroatoms. The van der Waals surface area contributed by atoms with Gasteiger partial charge >= 0.3 is 0 Å². The van der Waals surface area contributed by atoms with Crippen LogP contribution in [0.3, 0.4) is 0 Å². The van der Waals surface area contributed by atoms with Gasteiger partial charge in [0.05, 0.1) is 6.10 Å². The Hall–Kier alpha value is -1.22. The number of Topliss-reactive ketones (excluding diaryl/α,β-unsaturated/α-hetero) is 1. The smallest absolute Gasteiger partial charge is 0.183 e. The van der Waals surface area contributed by atoms with Crippen LogP contribution in [0.25, 0.3) is 0 Å². The van der Waals surface area contributed by atoms with Gasteiger partial charge in [-0.15, -0.1) is 0 Å². The summed E-state index contributed by atoms with van der Waals surface area (Å²) < 4.78 is 5.40. The van der Waals surface area contributed by atoms with Crippen LogP contribution < -0.4 is 0 Å². The van der Waals surface area contributed by atoms with Crippen LogP contribution in [0.5, 0.6) is 0 Å². The maximum absolute atomic E-state index is 11.7. The summed E-state index contributed by atoms with van der Waals surface area (Å²) in [6.07, 6.45) is 4.29. The van der Waals surface area contributed by atoms with Gasteiger partial charge in [-0.3, -0.25) is 9.78 Å². The molecule has 1 saturated heterocycles. The molecule has 74 valence electrons. The van der Waals surface area contributed by atoms with Crippen molar-refractivity contribution < 1.29 is 9.53 Å². The number of hydrogen-bond acceptors (Lipinski definition) is 3. The van der Waals surface area contributed by atoms with Gasteiger partial charge in [0.1, 0.15) is 5.69 Å². The van der Waals surface area contributed by atoms with E-state index in [4.69, 9.17) is 4.74 Å². The zero-order valence-electron chi connectivity index (χ0n) is 7.98. The Morgan fingerprint density at radius 3 is 3.14 bits per heavy atom. The lowest BCUT2D eigenvalue weighted by molar-refractivity contribution is 0.0771. The van der Waals surface area contributed by atoms with E-state index in [-0.39, 0.29) is 11.9 Å². The molecule has 0 aromatic carbocycles. The average Bonchev–Trinajstić information content (AvgIpc) is 2.72. The van der Waals surface area contributed by atoms with Crippen LogP contribution in [0.15, 0.2) is 24.4 Å². The molecule has 0 bridgehead atoms. The van der Waals surface area contributed by atoms with Crippen molar-refractivity contribution in [1.82, 2.24) is 4.98 Å². The van der Waals surface area contributed by atoms with E-state index in [1.165, 1.54) is 0 Å². The van der Waals surface area contributed by atoms with Gasteiger partial charge in [0, 0.05) is 19.2 Å². The minimum Gasteiger partial charge on any atom is -0.378 e. The summed E-state index contributed by atoms with van der Waals surface area (Å²) in [4.78, 5) is 15.7. The van der Waals surface area contributed by atoms with Crippen molar-refractivity contribution in [2.24, 2.45) is 0 Å². The summed E-state index contributed by atoms with van der Waals surface area (Å²) >= 11 is 0. The molecular weight excluding hydrogens is 178 g/mol. The second-order valence-corrected chi connectivity index (χ2v) is 3.48. The van der Waals surface area contributed by atoms with Crippen LogP contribution in [0.4, 0.5) is 0 Å². The number of rotatable bonds is 3. The largest absolute Gasteiger partial charge is 0.378 e. The van der Waals surface area contributed by atoms with Crippen LogP contribution in [-0.4, -0.2) is 23.5 Å². The number of carbonyl (C=O) groups excluding carboxylic acids is 1. The zero-order chi connectivity index (χ0) is 9.80. The molecule has 0 radical (unpaired) electrons. The fourth-order valence-electron chi connectivity index (χ4n) is 1.64. The number of hydrogen-bond donors (Lipinski definition) is 0. The third-order valence-corrected chi connectivity index (χ3v) is 2.39. The molecule has 1 aliphatic rings. The molecule has 0 spiro atoms. The van der Waals surface area contributed by atoms with Crippen LogP contribution in [0.1, 0.15) is 29.8 Å². The Balaban J connectivity index is 1.95. The first-order chi connectivity index (χ1) is 6.86. The molecule has 1 atom stereocenters. The quantitative estimate of drug-likeness (QED) is 0.684. The molecule has 1 aliphatic heterocycles. The Morgan fingerprint density at radius 1 is 1.57 bits per heavy atom. The van der Waals surface area contributed by atoms with Gasteiger partial charge in [0.15, 0.2) is 5.78 Å². The molecule has 0 aliphatic carbocycles. The van der Waals surface area contributed by atoms with E-state index < -0.39 is 0 Å². The van der Waals surface area contributed by atoms with Gasteiger partial charge in [0.25, 0.3) is 0 Å². The molecule has 1 aromatic rings. The molecule has 0 N–H and O–H groups in total. The molecule has 0 amide bonds. The maximum atomic E-state index is 11.7. The fourth-order valence-corrected chi connectivity index (χ4v) is 1.64. The predicted molar refractivity (Wildman–Crippen MR) is 52.2 cm³/mol. The summed E-state index contributed by atoms with van der Waals surface area (Å²) in [5.41, 5.74) is 0.544. The van der Waals surface area contributed by atoms with E-state index >= 15 is 0 Å². The van der Waals surface area contributed by atoms with Gasteiger partial charge in [-0.05, 0) is 25.0 Å². The Labute approximate surface area is 83.1 Å². The highest BCUT2D eigenvalue weighted by molar-refractivity contribution is 5.94. The first kappa shape index (κ1) is 9.34. The number of aromatic nitrogens is 1. The highest BCUT2D eigenvalue weighted by Crippen LogP contribution is 2.16. The minimum atomic E-state index is 0.0810. The van der Waals surface area contributed by atoms with Crippen molar-refractivity contribution in [1.29, 1.82) is 0 Å². The number of ketones is 1. The van der Waals surface area contributed by atoms with E-state index in [0.717, 1.165) is 19.4 Å². The predicted octanol–water partition coefficient (Wildman–Crippen LogP) is 1.83. The zero-order valence-corrected chi connectivity index (χ0v) is 7.98. The Bertz CT molecular complexity index is 304. The van der Waals surface area contributed by atoms with E-state index in [0.29, 0.717) is 12.1 Å². The van der Waals surface area contributed by atoms with Crippen LogP contribution in [0.2, 0.25) is 0 Å². The lowest BCUT2D eigenvalue weighted by Gasteiger charge is -2.06. The molecule has 1 aromatic heterocycles. The molecule has 2 heterocycles. The van der Waals surface area contributed by atoms with E-state index in [2.05, 4.69) is 4.98 Å². The SMILES string of the molecule is O=C(CC1CCCO1)c1ccccn1. The van der Waals surface area contributed by atoms with Crippen molar-refractivity contribution in [2.45, 2.75) is 25.4 Å². The average molecular weight is 191 g/mol. The third-order valence-electron chi connectivity index (χ3n) is 2.39. The Morgan fingerprint density at radius 2 is 2.50 bits per heavy atom. The minimum absolute atomic E-state index is 0.0810. The number of pyridine rings is 1. The van der Waals surface area contributed by atoms with Gasteiger partial charge in [-0.2, -0.15) is 0 Å². The lowest BCUT2D eigenvalue weighted by Crippen LogP contribution is -2.13. The van der Waals surface area contributed by atoms with Gasteiger partial charge in [0.2, 0.25) is 0 Å². The number of ether oxygens (including phenoxy) is 1. The fraction of sp³-hybridized carbons (Fsp3) is 0.455. The van der Waals surface area contributed by atoms with Crippen molar-refractivity contribution in [3.63, 3.8) is 0 Å². The topological polar surface area (TPSA) is 39.2 Å². The third kappa shape index (κ3) is 2.17. The lowest BCUT2D eigenvalue weighted by atomic mass is 10.1. The maximum Gasteiger partial charge on any atom is 0.183 e. The van der Waals surface area contributed by atoms with Crippen molar-refractivity contribution in [2.75, 3.05) is 6.61 Å². The molecular formula is C11H13NO2. The molecule has 3 nitrogen and oxygen atoms in total. The monoisotopic (exact) mass is 191 g/mol. The van der Waals surface area contributed by atoms with Crippen LogP contribution in [-0.2, 0) is 4.74 Å². The van der Waals surface area contributed by atoms with E-state index in [1.807, 2.05) is 12.1 Å². The first-order valence-electron chi connectivity index (χ1n) is 4.92. The molecule has 14 heavy (non-hydrogen) atoms. The standard InChI is InChI=1S/C11H13NO2/c13-11(8-9-4-3-7-14-9)10-5-1-2-6-12-10/h1-2,5-6,9H,3-4,7-8H2. The van der Waals surface area contributed by atoms with Crippen LogP contribution >= 0.6 is 0 Å². The number of nitrogens with zero attached hydrogens (tertiary/aromatic N) is 1. The van der Waals surface area contributed by atoms with Crippen molar-refractivity contribution >= 4 is 5.78 Å². The summed E-state index contributed by atoms with van der Waals surface area (Å²) in [7, 11) is 0. The summed E-state index contributed by atoms with van der Waals surface area (Å²) in [5.74, 6) is 0.0810. The highest BCUT2D eigenvalue weighted by Gasteiger charge is 2.20. The van der Waals surface area contributed by atoms with Gasteiger partial charge in [-0.25, -0.2) is 0 Å². The van der Waals surface area contributed by atoms with Crippen molar-refractivity contribution in [3.8, 4) is 0 Å². The van der Waals surface area contributed by atoms with E-state index in [9.17, 15) is 4.79 Å². The second kappa shape index (κ2) is 4.33.